The van der Waals surface area contributed by atoms with Gasteiger partial charge in [0.15, 0.2) is 0 Å². The van der Waals surface area contributed by atoms with E-state index in [9.17, 15) is 17.6 Å². The Kier molecular flexibility index (Phi) is 7.54. The van der Waals surface area contributed by atoms with Crippen LogP contribution in [0, 0.1) is 26.6 Å². The summed E-state index contributed by atoms with van der Waals surface area (Å²) in [6, 6.07) is 23.0. The van der Waals surface area contributed by atoms with Gasteiger partial charge in [0, 0.05) is 22.6 Å². The minimum absolute atomic E-state index is 0.0843. The first-order valence-corrected chi connectivity index (χ1v) is 13.0. The molecule has 9 heteroatoms. The molecule has 0 atom stereocenters. The second-order valence-electron chi connectivity index (χ2n) is 8.60. The van der Waals surface area contributed by atoms with Gasteiger partial charge >= 0.3 is 0 Å². The van der Waals surface area contributed by atoms with Crippen molar-refractivity contribution in [2.75, 3.05) is 10.8 Å². The smallest absolute Gasteiger partial charge is 0.264 e. The number of amides is 1. The molecule has 1 amide bonds. The average Bonchev–Trinajstić information content (AvgIpc) is 3.16. The molecule has 0 unspecified atom stereocenters. The van der Waals surface area contributed by atoms with Crippen LogP contribution in [0.5, 0.6) is 0 Å². The third kappa shape index (κ3) is 5.78. The van der Waals surface area contributed by atoms with Gasteiger partial charge in [-0.1, -0.05) is 30.3 Å². The minimum Gasteiger partial charge on any atom is -0.318 e. The minimum atomic E-state index is -4.00. The first-order valence-electron chi connectivity index (χ1n) is 11.6. The summed E-state index contributed by atoms with van der Waals surface area (Å²) in [5.41, 5.74) is 7.01. The first kappa shape index (κ1) is 25.8. The van der Waals surface area contributed by atoms with Crippen molar-refractivity contribution in [2.45, 2.75) is 25.7 Å². The molecule has 0 aliphatic carbocycles. The summed E-state index contributed by atoms with van der Waals surface area (Å²) < 4.78 is 43.1. The number of anilines is 1. The molecule has 0 saturated carbocycles. The fraction of sp³-hybridized carbons (Fsp3) is 0.143. The van der Waals surface area contributed by atoms with E-state index in [4.69, 9.17) is 0 Å². The fourth-order valence-electron chi connectivity index (χ4n) is 4.06. The predicted molar refractivity (Wildman–Crippen MR) is 143 cm³/mol. The maximum atomic E-state index is 13.4. The van der Waals surface area contributed by atoms with Crippen LogP contribution in [-0.4, -0.2) is 31.7 Å². The number of aromatic nitrogens is 1. The normalized spacial score (nSPS) is 11.6. The molecule has 3 aromatic carbocycles. The van der Waals surface area contributed by atoms with Crippen LogP contribution in [0.2, 0.25) is 0 Å². The molecule has 0 radical (unpaired) electrons. The van der Waals surface area contributed by atoms with Crippen molar-refractivity contribution in [3.05, 3.63) is 113 Å². The molecule has 1 aromatic heterocycles. The summed E-state index contributed by atoms with van der Waals surface area (Å²) in [6.07, 6.45) is 1.50. The van der Waals surface area contributed by atoms with E-state index in [-0.39, 0.29) is 10.7 Å². The highest BCUT2D eigenvalue weighted by Gasteiger charge is 2.27. The van der Waals surface area contributed by atoms with Gasteiger partial charge in [-0.05, 0) is 80.9 Å². The molecule has 0 spiro atoms. The molecule has 0 fully saturated rings. The molecule has 4 rings (SSSR count). The van der Waals surface area contributed by atoms with Gasteiger partial charge in [-0.2, -0.15) is 5.10 Å². The monoisotopic (exact) mass is 518 g/mol. The Morgan fingerprint density at radius 3 is 2.35 bits per heavy atom. The number of benzene rings is 3. The van der Waals surface area contributed by atoms with Crippen LogP contribution >= 0.6 is 0 Å². The van der Waals surface area contributed by atoms with Crippen molar-refractivity contribution in [2.24, 2.45) is 5.10 Å². The number of aryl methyl sites for hydroxylation is 2. The molecule has 0 aliphatic heterocycles. The Morgan fingerprint density at radius 2 is 1.68 bits per heavy atom. The van der Waals surface area contributed by atoms with Crippen LogP contribution in [0.1, 0.15) is 22.5 Å². The number of carbonyl (C=O) groups excluding carboxylic acids is 1. The number of nitrogens with zero attached hydrogens (tertiary/aromatic N) is 3. The predicted octanol–water partition coefficient (Wildman–Crippen LogP) is 4.89. The number of hydrogen-bond donors (Lipinski definition) is 1. The Morgan fingerprint density at radius 1 is 0.973 bits per heavy atom. The van der Waals surface area contributed by atoms with Crippen molar-refractivity contribution in [1.29, 1.82) is 0 Å². The van der Waals surface area contributed by atoms with Gasteiger partial charge in [0.2, 0.25) is 0 Å². The molecule has 0 saturated heterocycles. The van der Waals surface area contributed by atoms with E-state index < -0.39 is 22.5 Å². The maximum Gasteiger partial charge on any atom is 0.264 e. The van der Waals surface area contributed by atoms with Crippen LogP contribution < -0.4 is 9.73 Å². The van der Waals surface area contributed by atoms with Gasteiger partial charge in [0.1, 0.15) is 12.4 Å². The molecular formula is C28H27FN4O3S. The number of halogens is 1. The number of carbonyl (C=O) groups is 1. The lowest BCUT2D eigenvalue weighted by atomic mass is 10.2. The lowest BCUT2D eigenvalue weighted by Gasteiger charge is -2.24. The van der Waals surface area contributed by atoms with E-state index in [0.717, 1.165) is 32.5 Å². The summed E-state index contributed by atoms with van der Waals surface area (Å²) >= 11 is 0. The highest BCUT2D eigenvalue weighted by Crippen LogP contribution is 2.24. The summed E-state index contributed by atoms with van der Waals surface area (Å²) in [5, 5.41) is 4.06. The molecule has 4 aromatic rings. The fourth-order valence-corrected chi connectivity index (χ4v) is 5.50. The molecule has 190 valence electrons. The number of hydrazone groups is 1. The van der Waals surface area contributed by atoms with Crippen LogP contribution in [0.15, 0.2) is 94.9 Å². The Balaban J connectivity index is 1.54. The largest absolute Gasteiger partial charge is 0.318 e. The standard InChI is InChI=1S/C28H27FN4O3S/c1-20-8-7-9-26(16-20)32(37(35,36)27-10-5-4-6-11-27)19-28(34)31-30-18-23-17-21(2)33(22(23)3)25-14-12-24(29)13-15-25/h4-18H,19H2,1-3H3,(H,31,34)/b30-18+. The van der Waals surface area contributed by atoms with E-state index >= 15 is 0 Å². The van der Waals surface area contributed by atoms with Gasteiger partial charge in [-0.25, -0.2) is 18.2 Å². The van der Waals surface area contributed by atoms with Crippen molar-refractivity contribution in [3.63, 3.8) is 0 Å². The first-order chi connectivity index (χ1) is 17.7. The van der Waals surface area contributed by atoms with Gasteiger partial charge in [0.05, 0.1) is 16.8 Å². The zero-order chi connectivity index (χ0) is 26.6. The van der Waals surface area contributed by atoms with Crippen LogP contribution in [0.25, 0.3) is 5.69 Å². The van der Waals surface area contributed by atoms with Crippen LogP contribution in [-0.2, 0) is 14.8 Å². The van der Waals surface area contributed by atoms with Crippen LogP contribution in [0.3, 0.4) is 0 Å². The summed E-state index contributed by atoms with van der Waals surface area (Å²) in [4.78, 5) is 12.9. The van der Waals surface area contributed by atoms with Crippen molar-refractivity contribution in [1.82, 2.24) is 9.99 Å². The van der Waals surface area contributed by atoms with Crippen LogP contribution in [0.4, 0.5) is 10.1 Å². The lowest BCUT2D eigenvalue weighted by Crippen LogP contribution is -2.39. The molecule has 0 aliphatic rings. The van der Waals surface area contributed by atoms with Gasteiger partial charge in [-0.15, -0.1) is 0 Å². The molecule has 37 heavy (non-hydrogen) atoms. The Hall–Kier alpha value is -4.24. The van der Waals surface area contributed by atoms with Gasteiger partial charge < -0.3 is 4.57 Å². The summed E-state index contributed by atoms with van der Waals surface area (Å²) in [5.74, 6) is -0.908. The van der Waals surface area contributed by atoms with Crippen molar-refractivity contribution >= 4 is 27.8 Å². The van der Waals surface area contributed by atoms with E-state index in [1.165, 1.54) is 30.5 Å². The molecule has 0 bridgehead atoms. The number of hydrogen-bond acceptors (Lipinski definition) is 4. The summed E-state index contributed by atoms with van der Waals surface area (Å²) in [7, 11) is -4.00. The maximum absolute atomic E-state index is 13.4. The van der Waals surface area contributed by atoms with Crippen molar-refractivity contribution in [3.8, 4) is 5.69 Å². The number of rotatable bonds is 8. The average molecular weight is 519 g/mol. The highest BCUT2D eigenvalue weighted by atomic mass is 32.2. The second kappa shape index (κ2) is 10.8. The van der Waals surface area contributed by atoms with Gasteiger partial charge in [-0.3, -0.25) is 9.10 Å². The third-order valence-corrected chi connectivity index (χ3v) is 7.64. The lowest BCUT2D eigenvalue weighted by molar-refractivity contribution is -0.119. The molecule has 1 N–H and O–H groups in total. The van der Waals surface area contributed by atoms with Crippen molar-refractivity contribution < 1.29 is 17.6 Å². The van der Waals surface area contributed by atoms with E-state index in [2.05, 4.69) is 10.5 Å². The number of sulfonamides is 1. The number of nitrogens with one attached hydrogen (secondary N) is 1. The summed E-state index contributed by atoms with van der Waals surface area (Å²) in [6.45, 7) is 5.21. The zero-order valence-electron chi connectivity index (χ0n) is 20.7. The third-order valence-electron chi connectivity index (χ3n) is 5.86. The van der Waals surface area contributed by atoms with E-state index in [1.807, 2.05) is 37.5 Å². The quantitative estimate of drug-likeness (QED) is 0.266. The molecule has 1 heterocycles. The topological polar surface area (TPSA) is 83.8 Å². The SMILES string of the molecule is Cc1cccc(N(CC(=O)N/N=C/c2cc(C)n(-c3ccc(F)cc3)c2C)S(=O)(=O)c2ccccc2)c1. The van der Waals surface area contributed by atoms with E-state index in [0.29, 0.717) is 5.69 Å². The second-order valence-corrected chi connectivity index (χ2v) is 10.5. The zero-order valence-corrected chi connectivity index (χ0v) is 21.5. The Labute approximate surface area is 215 Å². The van der Waals surface area contributed by atoms with Gasteiger partial charge in [0.25, 0.3) is 15.9 Å². The molecule has 7 nitrogen and oxygen atoms in total. The van der Waals surface area contributed by atoms with E-state index in [1.54, 1.807) is 48.5 Å². The molecular weight excluding hydrogens is 491 g/mol. The Bertz CT molecular complexity index is 1550. The highest BCUT2D eigenvalue weighted by molar-refractivity contribution is 7.92.